The van der Waals surface area contributed by atoms with Crippen LogP contribution in [0.15, 0.2) is 18.2 Å². The normalized spacial score (nSPS) is 18.3. The Balaban J connectivity index is 2.14. The topological polar surface area (TPSA) is 20.3 Å². The second-order valence-corrected chi connectivity index (χ2v) is 5.33. The van der Waals surface area contributed by atoms with Crippen LogP contribution in [0.1, 0.15) is 28.8 Å². The van der Waals surface area contributed by atoms with Gasteiger partial charge in [-0.15, -0.1) is 0 Å². The molecule has 1 aromatic rings. The summed E-state index contributed by atoms with van der Waals surface area (Å²) in [5, 5.41) is 0.592. The Morgan fingerprint density at radius 3 is 2.59 bits per heavy atom. The van der Waals surface area contributed by atoms with Gasteiger partial charge in [-0.3, -0.25) is 4.79 Å². The summed E-state index contributed by atoms with van der Waals surface area (Å²) in [5.74, 6) is 0.356. The first-order valence-corrected chi connectivity index (χ1v) is 6.44. The van der Waals surface area contributed by atoms with Crippen molar-refractivity contribution in [2.24, 2.45) is 5.92 Å². The highest BCUT2D eigenvalue weighted by molar-refractivity contribution is 6.34. The molecule has 0 amide bonds. The lowest BCUT2D eigenvalue weighted by Gasteiger charge is -2.28. The van der Waals surface area contributed by atoms with E-state index in [1.165, 1.54) is 0 Å². The number of rotatable bonds is 2. The predicted molar refractivity (Wildman–Crippen MR) is 70.7 cm³/mol. The molecule has 1 heterocycles. The maximum Gasteiger partial charge on any atom is 0.167 e. The molecule has 0 bridgehead atoms. The highest BCUT2D eigenvalue weighted by Crippen LogP contribution is 2.25. The third kappa shape index (κ3) is 2.88. The molecule has 1 aliphatic rings. The van der Waals surface area contributed by atoms with Gasteiger partial charge in [0.25, 0.3) is 0 Å². The summed E-state index contributed by atoms with van der Waals surface area (Å²) < 4.78 is 0. The van der Waals surface area contributed by atoms with Gasteiger partial charge in [0.05, 0.1) is 5.02 Å². The summed E-state index contributed by atoms with van der Waals surface area (Å²) in [5.41, 5.74) is 1.78. The number of halogens is 1. The molecular formula is C14H18ClNO. The van der Waals surface area contributed by atoms with Gasteiger partial charge in [-0.1, -0.05) is 17.7 Å². The summed E-state index contributed by atoms with van der Waals surface area (Å²) in [6.07, 6.45) is 1.89. The van der Waals surface area contributed by atoms with E-state index in [1.807, 2.05) is 25.1 Å². The van der Waals surface area contributed by atoms with Crippen LogP contribution < -0.4 is 0 Å². The van der Waals surface area contributed by atoms with Crippen molar-refractivity contribution in [1.29, 1.82) is 0 Å². The molecule has 1 aliphatic heterocycles. The zero-order valence-electron chi connectivity index (χ0n) is 10.4. The molecule has 0 aliphatic carbocycles. The number of nitrogens with zero attached hydrogens (tertiary/aromatic N) is 1. The quantitative estimate of drug-likeness (QED) is 0.753. The van der Waals surface area contributed by atoms with Crippen molar-refractivity contribution in [2.75, 3.05) is 20.1 Å². The minimum atomic E-state index is 0.145. The van der Waals surface area contributed by atoms with Crippen LogP contribution in [-0.4, -0.2) is 30.8 Å². The van der Waals surface area contributed by atoms with E-state index in [9.17, 15) is 4.79 Å². The summed E-state index contributed by atoms with van der Waals surface area (Å²) in [7, 11) is 2.10. The van der Waals surface area contributed by atoms with Gasteiger partial charge in [0.2, 0.25) is 0 Å². The first-order chi connectivity index (χ1) is 8.08. The standard InChI is InChI=1S/C14H18ClNO/c1-10-3-4-12(13(15)9-10)14(17)11-5-7-16(2)8-6-11/h3-4,9,11H,5-8H2,1-2H3. The molecule has 0 aromatic heterocycles. The lowest BCUT2D eigenvalue weighted by molar-refractivity contribution is 0.0857. The Morgan fingerprint density at radius 2 is 2.00 bits per heavy atom. The van der Waals surface area contributed by atoms with Crippen LogP contribution in [0.25, 0.3) is 0 Å². The average Bonchev–Trinajstić information content (AvgIpc) is 2.29. The van der Waals surface area contributed by atoms with E-state index in [-0.39, 0.29) is 11.7 Å². The first kappa shape index (κ1) is 12.6. The molecule has 2 rings (SSSR count). The number of hydrogen-bond donors (Lipinski definition) is 0. The van der Waals surface area contributed by atoms with Gasteiger partial charge < -0.3 is 4.90 Å². The fourth-order valence-electron chi connectivity index (χ4n) is 2.31. The van der Waals surface area contributed by atoms with E-state index in [0.29, 0.717) is 10.6 Å². The van der Waals surface area contributed by atoms with Crippen LogP contribution in [0, 0.1) is 12.8 Å². The lowest BCUT2D eigenvalue weighted by atomic mass is 9.89. The SMILES string of the molecule is Cc1ccc(C(=O)C2CCN(C)CC2)c(Cl)c1. The smallest absolute Gasteiger partial charge is 0.167 e. The third-order valence-electron chi connectivity index (χ3n) is 3.48. The van der Waals surface area contributed by atoms with Crippen molar-refractivity contribution < 1.29 is 4.79 Å². The molecule has 1 saturated heterocycles. The van der Waals surface area contributed by atoms with Gasteiger partial charge in [0.1, 0.15) is 0 Å². The molecule has 0 N–H and O–H groups in total. The Bertz CT molecular complexity index is 422. The van der Waals surface area contributed by atoms with Crippen molar-refractivity contribution in [3.8, 4) is 0 Å². The molecule has 2 nitrogen and oxygen atoms in total. The second-order valence-electron chi connectivity index (χ2n) is 4.93. The fraction of sp³-hybridized carbons (Fsp3) is 0.500. The molecule has 0 atom stereocenters. The predicted octanol–water partition coefficient (Wildman–Crippen LogP) is 3.17. The Labute approximate surface area is 108 Å². The minimum Gasteiger partial charge on any atom is -0.306 e. The van der Waals surface area contributed by atoms with E-state index in [1.54, 1.807) is 0 Å². The average molecular weight is 252 g/mol. The molecule has 0 unspecified atom stereocenters. The summed E-state index contributed by atoms with van der Waals surface area (Å²) >= 11 is 6.14. The van der Waals surface area contributed by atoms with Crippen LogP contribution in [-0.2, 0) is 0 Å². The van der Waals surface area contributed by atoms with Gasteiger partial charge >= 0.3 is 0 Å². The third-order valence-corrected chi connectivity index (χ3v) is 3.79. The zero-order chi connectivity index (χ0) is 12.4. The van der Waals surface area contributed by atoms with Crippen molar-refractivity contribution >= 4 is 17.4 Å². The van der Waals surface area contributed by atoms with E-state index in [4.69, 9.17) is 11.6 Å². The van der Waals surface area contributed by atoms with E-state index >= 15 is 0 Å². The monoisotopic (exact) mass is 251 g/mol. The van der Waals surface area contributed by atoms with Gasteiger partial charge in [0, 0.05) is 11.5 Å². The summed E-state index contributed by atoms with van der Waals surface area (Å²) in [4.78, 5) is 14.6. The first-order valence-electron chi connectivity index (χ1n) is 6.07. The maximum absolute atomic E-state index is 12.3. The van der Waals surface area contributed by atoms with Crippen LogP contribution in [0.5, 0.6) is 0 Å². The largest absolute Gasteiger partial charge is 0.306 e. The van der Waals surface area contributed by atoms with Crippen LogP contribution in [0.2, 0.25) is 5.02 Å². The second kappa shape index (κ2) is 5.19. The summed E-state index contributed by atoms with van der Waals surface area (Å²) in [6.45, 7) is 3.98. The van der Waals surface area contributed by atoms with E-state index in [2.05, 4.69) is 11.9 Å². The molecular weight excluding hydrogens is 234 g/mol. The van der Waals surface area contributed by atoms with Crippen molar-refractivity contribution in [3.05, 3.63) is 34.3 Å². The van der Waals surface area contributed by atoms with Crippen LogP contribution in [0.4, 0.5) is 0 Å². The Morgan fingerprint density at radius 1 is 1.35 bits per heavy atom. The van der Waals surface area contributed by atoms with Crippen molar-refractivity contribution in [1.82, 2.24) is 4.90 Å². The van der Waals surface area contributed by atoms with Gasteiger partial charge in [-0.25, -0.2) is 0 Å². The molecule has 3 heteroatoms. The number of aryl methyl sites for hydroxylation is 1. The maximum atomic E-state index is 12.3. The van der Waals surface area contributed by atoms with Gasteiger partial charge in [-0.05, 0) is 57.6 Å². The Kier molecular flexibility index (Phi) is 3.85. The number of Topliss-reactive ketones (excluding diaryl/α,β-unsaturated/α-hetero) is 1. The van der Waals surface area contributed by atoms with E-state index in [0.717, 1.165) is 31.5 Å². The van der Waals surface area contributed by atoms with Crippen molar-refractivity contribution in [2.45, 2.75) is 19.8 Å². The number of carbonyl (C=O) groups excluding carboxylic acids is 1. The fourth-order valence-corrected chi connectivity index (χ4v) is 2.64. The van der Waals surface area contributed by atoms with Gasteiger partial charge in [0.15, 0.2) is 5.78 Å². The molecule has 92 valence electrons. The zero-order valence-corrected chi connectivity index (χ0v) is 11.1. The molecule has 0 radical (unpaired) electrons. The number of piperidine rings is 1. The Hall–Kier alpha value is -0.860. The molecule has 0 spiro atoms. The number of ketones is 1. The number of carbonyl (C=O) groups is 1. The minimum absolute atomic E-state index is 0.145. The number of benzene rings is 1. The molecule has 1 aromatic carbocycles. The molecule has 0 saturated carbocycles. The molecule has 17 heavy (non-hydrogen) atoms. The highest BCUT2D eigenvalue weighted by Gasteiger charge is 2.25. The summed E-state index contributed by atoms with van der Waals surface area (Å²) in [6, 6.07) is 5.68. The van der Waals surface area contributed by atoms with Crippen molar-refractivity contribution in [3.63, 3.8) is 0 Å². The van der Waals surface area contributed by atoms with E-state index < -0.39 is 0 Å². The highest BCUT2D eigenvalue weighted by atomic mass is 35.5. The lowest BCUT2D eigenvalue weighted by Crippen LogP contribution is -2.33. The number of hydrogen-bond acceptors (Lipinski definition) is 2. The van der Waals surface area contributed by atoms with Gasteiger partial charge in [-0.2, -0.15) is 0 Å². The van der Waals surface area contributed by atoms with Crippen LogP contribution in [0.3, 0.4) is 0 Å². The molecule has 1 fully saturated rings. The van der Waals surface area contributed by atoms with Crippen LogP contribution >= 0.6 is 11.6 Å². The number of likely N-dealkylation sites (tertiary alicyclic amines) is 1.